The first kappa shape index (κ1) is 33.7. The van der Waals surface area contributed by atoms with E-state index in [1.54, 1.807) is 26.0 Å². The molecule has 4 N–H and O–H groups in total. The zero-order valence-corrected chi connectivity index (χ0v) is 25.3. The van der Waals surface area contributed by atoms with Gasteiger partial charge in [-0.2, -0.15) is 4.99 Å². The second-order valence-corrected chi connectivity index (χ2v) is 13.3. The third-order valence-electron chi connectivity index (χ3n) is 5.56. The van der Waals surface area contributed by atoms with E-state index in [4.69, 9.17) is 23.1 Å². The molecule has 2 aromatic carbocycles. The smallest absolute Gasteiger partial charge is 0.280 e. The average Bonchev–Trinajstić information content (AvgIpc) is 2.80. The lowest BCUT2D eigenvalue weighted by Crippen LogP contribution is -2.24. The van der Waals surface area contributed by atoms with E-state index in [1.165, 1.54) is 12.1 Å². The van der Waals surface area contributed by atoms with E-state index in [1.807, 2.05) is 13.8 Å². The van der Waals surface area contributed by atoms with Gasteiger partial charge in [-0.15, -0.1) is 0 Å². The molecule has 2 aromatic rings. The molecule has 0 aliphatic carbocycles. The Morgan fingerprint density at radius 3 is 1.41 bits per heavy atom. The molecule has 12 heteroatoms. The number of sulfone groups is 2. The normalized spacial score (nSPS) is 11.2. The molecule has 0 bridgehead atoms. The molecule has 0 aliphatic rings. The molecule has 0 aromatic heterocycles. The van der Waals surface area contributed by atoms with E-state index in [0.717, 1.165) is 18.1 Å². The molecule has 1 amide bonds. The summed E-state index contributed by atoms with van der Waals surface area (Å²) in [5.74, 6) is -1.03. The fourth-order valence-corrected chi connectivity index (χ4v) is 5.78. The Labute approximate surface area is 235 Å². The van der Waals surface area contributed by atoms with Gasteiger partial charge in [-0.05, 0) is 96.0 Å². The molecule has 0 atom stereocenters. The Bertz CT molecular complexity index is 1590. The van der Waals surface area contributed by atoms with Gasteiger partial charge in [0.15, 0.2) is 25.6 Å². The summed E-state index contributed by atoms with van der Waals surface area (Å²) < 4.78 is 47.3. The van der Waals surface area contributed by atoms with Gasteiger partial charge >= 0.3 is 0 Å². The number of aryl methyl sites for hydroxylation is 2. The van der Waals surface area contributed by atoms with Gasteiger partial charge < -0.3 is 11.5 Å². The van der Waals surface area contributed by atoms with Crippen LogP contribution in [0.4, 0.5) is 0 Å². The number of hydrogen-bond donors (Lipinski definition) is 2. The first-order valence-electron chi connectivity index (χ1n) is 11.7. The maximum atomic E-state index is 12.0. The lowest BCUT2D eigenvalue weighted by molar-refractivity contribution is 0.100. The van der Waals surface area contributed by atoms with Crippen molar-refractivity contribution >= 4 is 59.5 Å². The van der Waals surface area contributed by atoms with Crippen molar-refractivity contribution in [2.24, 2.45) is 16.5 Å². The van der Waals surface area contributed by atoms with Crippen molar-refractivity contribution in [1.29, 1.82) is 0 Å². The molecular weight excluding hydrogens is 562 g/mol. The summed E-state index contributed by atoms with van der Waals surface area (Å²) in [5, 5.41) is -0.648. The quantitative estimate of drug-likeness (QED) is 0.260. The Balaban J connectivity index is 0.000000395. The number of aliphatic imine (C=N–C) groups is 1. The lowest BCUT2D eigenvalue weighted by Gasteiger charge is -2.13. The summed E-state index contributed by atoms with van der Waals surface area (Å²) in [4.78, 5) is 27.0. The number of halogens is 1. The maximum absolute atomic E-state index is 12.0. The number of allylic oxidation sites excluding steroid dienone is 2. The Morgan fingerprint density at radius 1 is 0.769 bits per heavy atom. The molecular formula is C27H34ClN3O6S2. The zero-order chi connectivity index (χ0) is 30.5. The summed E-state index contributed by atoms with van der Waals surface area (Å²) in [6.07, 6.45) is 3.31. The summed E-state index contributed by atoms with van der Waals surface area (Å²) in [7, 11) is -6.94. The van der Waals surface area contributed by atoms with E-state index in [0.29, 0.717) is 40.7 Å². The van der Waals surface area contributed by atoms with Crippen LogP contribution in [0.1, 0.15) is 70.7 Å². The third-order valence-corrected chi connectivity index (χ3v) is 8.04. The first-order valence-corrected chi connectivity index (χ1v) is 15.8. The Hall–Kier alpha value is -3.28. The summed E-state index contributed by atoms with van der Waals surface area (Å²) in [5.41, 5.74) is 14.5. The third kappa shape index (κ3) is 8.87. The average molecular weight is 596 g/mol. The number of hydrogen-bond acceptors (Lipinski definition) is 6. The van der Waals surface area contributed by atoms with Gasteiger partial charge in [0.2, 0.25) is 0 Å². The van der Waals surface area contributed by atoms with Crippen LogP contribution < -0.4 is 11.5 Å². The number of rotatable bonds is 8. The van der Waals surface area contributed by atoms with Crippen molar-refractivity contribution in [1.82, 2.24) is 0 Å². The highest BCUT2D eigenvalue weighted by molar-refractivity contribution is 7.91. The highest BCUT2D eigenvalue weighted by Gasteiger charge is 2.21. The van der Waals surface area contributed by atoms with Crippen LogP contribution in [0.5, 0.6) is 0 Å². The Morgan fingerprint density at radius 2 is 1.13 bits per heavy atom. The van der Waals surface area contributed by atoms with Gasteiger partial charge in [-0.25, -0.2) is 16.8 Å². The minimum Gasteiger partial charge on any atom is -0.370 e. The van der Waals surface area contributed by atoms with Crippen LogP contribution in [-0.4, -0.2) is 46.5 Å². The van der Waals surface area contributed by atoms with Crippen LogP contribution in [0.25, 0.3) is 11.1 Å². The SMILES string of the molecule is C=C(C)c1cc(CC)c(C(=O)Cl)cc1S(C)(=O)=O.C=C(C)c1cc(CC)c(C(=O)N=C(N)N)cc1S(C)(=O)=O. The fraction of sp³-hybridized carbons (Fsp3) is 0.296. The Kier molecular flexibility index (Phi) is 11.4. The van der Waals surface area contributed by atoms with Crippen molar-refractivity contribution in [2.75, 3.05) is 12.5 Å². The van der Waals surface area contributed by atoms with Crippen LogP contribution >= 0.6 is 11.6 Å². The summed E-state index contributed by atoms with van der Waals surface area (Å²) in [6.45, 7) is 14.7. The molecule has 0 heterocycles. The number of nitrogens with zero attached hydrogens (tertiary/aromatic N) is 1. The summed E-state index contributed by atoms with van der Waals surface area (Å²) >= 11 is 5.48. The van der Waals surface area contributed by atoms with Crippen molar-refractivity contribution in [3.63, 3.8) is 0 Å². The van der Waals surface area contributed by atoms with Gasteiger partial charge in [-0.1, -0.05) is 27.0 Å². The van der Waals surface area contributed by atoms with E-state index in [9.17, 15) is 26.4 Å². The van der Waals surface area contributed by atoms with Gasteiger partial charge in [0.25, 0.3) is 11.1 Å². The minimum atomic E-state index is -3.51. The number of benzene rings is 2. The molecule has 9 nitrogen and oxygen atoms in total. The van der Waals surface area contributed by atoms with Crippen molar-refractivity contribution in [3.8, 4) is 0 Å². The maximum Gasteiger partial charge on any atom is 0.280 e. The van der Waals surface area contributed by atoms with E-state index in [2.05, 4.69) is 18.2 Å². The van der Waals surface area contributed by atoms with Crippen LogP contribution in [0, 0.1) is 0 Å². The van der Waals surface area contributed by atoms with Gasteiger partial charge in [-0.3, -0.25) is 9.59 Å². The molecule has 2 rings (SSSR count). The van der Waals surface area contributed by atoms with Crippen LogP contribution in [0.15, 0.2) is 52.2 Å². The predicted molar refractivity (Wildman–Crippen MR) is 158 cm³/mol. The standard InChI is InChI=1S/C14H19N3O3S.C13H15ClO3S/c1-5-9-6-10(8(2)3)12(21(4,19)20)7-11(9)13(18)17-14(15)16;1-5-9-6-10(8(2)3)12(18(4,16)17)7-11(9)13(14)15/h6-7H,2,5H2,1,3-4H3,(H4,15,16,17,18);6-7H,2,5H2,1,3-4H3. The van der Waals surface area contributed by atoms with Crippen LogP contribution in [-0.2, 0) is 32.5 Å². The largest absolute Gasteiger partial charge is 0.370 e. The zero-order valence-electron chi connectivity index (χ0n) is 22.9. The number of carbonyl (C=O) groups is 2. The van der Waals surface area contributed by atoms with Gasteiger partial charge in [0, 0.05) is 23.6 Å². The number of carbonyl (C=O) groups excluding carboxylic acids is 2. The molecule has 0 unspecified atom stereocenters. The number of nitrogens with two attached hydrogens (primary N) is 2. The van der Waals surface area contributed by atoms with Gasteiger partial charge in [0.05, 0.1) is 9.79 Å². The number of guanidine groups is 1. The highest BCUT2D eigenvalue weighted by Crippen LogP contribution is 2.29. The van der Waals surface area contributed by atoms with Crippen molar-refractivity contribution in [3.05, 3.63) is 70.8 Å². The number of amides is 1. The molecule has 39 heavy (non-hydrogen) atoms. The summed E-state index contributed by atoms with van der Waals surface area (Å²) in [6, 6.07) is 5.98. The second-order valence-electron chi connectivity index (χ2n) is 8.94. The highest BCUT2D eigenvalue weighted by atomic mass is 35.5. The fourth-order valence-electron chi connectivity index (χ4n) is 3.67. The minimum absolute atomic E-state index is 0.0429. The predicted octanol–water partition coefficient (Wildman–Crippen LogP) is 4.16. The van der Waals surface area contributed by atoms with Crippen LogP contribution in [0.2, 0.25) is 0 Å². The second kappa shape index (κ2) is 13.2. The molecule has 0 fully saturated rings. The topological polar surface area (TPSA) is 167 Å². The molecule has 0 radical (unpaired) electrons. The van der Waals surface area contributed by atoms with E-state index >= 15 is 0 Å². The monoisotopic (exact) mass is 595 g/mol. The van der Waals surface area contributed by atoms with E-state index in [-0.39, 0.29) is 26.9 Å². The first-order chi connectivity index (χ1) is 17.8. The lowest BCUT2D eigenvalue weighted by atomic mass is 9.98. The van der Waals surface area contributed by atoms with E-state index < -0.39 is 30.8 Å². The molecule has 212 valence electrons. The van der Waals surface area contributed by atoms with Crippen LogP contribution in [0.3, 0.4) is 0 Å². The molecule has 0 saturated carbocycles. The molecule has 0 spiro atoms. The van der Waals surface area contributed by atoms with Crippen molar-refractivity contribution < 1.29 is 26.4 Å². The molecule has 0 aliphatic heterocycles. The van der Waals surface area contributed by atoms with Gasteiger partial charge in [0.1, 0.15) is 0 Å². The van der Waals surface area contributed by atoms with Crippen molar-refractivity contribution in [2.45, 2.75) is 50.3 Å². The molecule has 0 saturated heterocycles.